The van der Waals surface area contributed by atoms with Gasteiger partial charge in [0.15, 0.2) is 25.6 Å². The van der Waals surface area contributed by atoms with Crippen LogP contribution < -0.4 is 0 Å². The number of thioether (sulfide) groups is 4. The van der Waals surface area contributed by atoms with Crippen molar-refractivity contribution in [2.45, 2.75) is 306 Å². The number of carbonyl (C=O) groups excluding carboxylic acids is 5. The maximum Gasteiger partial charge on any atom is 0.186 e. The predicted octanol–water partition coefficient (Wildman–Crippen LogP) is 22.9. The Morgan fingerprint density at radius 2 is 0.925 bits per heavy atom. The van der Waals surface area contributed by atoms with Gasteiger partial charge in [0, 0.05) is 54.1 Å². The van der Waals surface area contributed by atoms with Gasteiger partial charge in [0.1, 0.15) is 0 Å². The highest BCUT2D eigenvalue weighted by Crippen LogP contribution is 2.59. The second-order valence-electron chi connectivity index (χ2n) is 27.6. The molecule has 0 rings (SSSR count). The van der Waals surface area contributed by atoms with Gasteiger partial charge in [-0.15, -0.1) is 12.6 Å². The number of allylic oxidation sites excluding steroid dienone is 8. The Morgan fingerprint density at radius 1 is 0.512 bits per heavy atom. The number of hydrogen-bond acceptors (Lipinski definition) is 9. The summed E-state index contributed by atoms with van der Waals surface area (Å²) in [5, 5.41) is 0.600. The van der Waals surface area contributed by atoms with Crippen molar-refractivity contribution < 1.29 is 24.0 Å². The molecule has 0 saturated carbocycles. The molecule has 0 fully saturated rings. The summed E-state index contributed by atoms with van der Waals surface area (Å²) in [5.41, 5.74) is 8.63. The van der Waals surface area contributed by atoms with Crippen molar-refractivity contribution in [3.63, 3.8) is 0 Å². The van der Waals surface area contributed by atoms with E-state index in [1.165, 1.54) is 89.1 Å². The highest BCUT2D eigenvalue weighted by Gasteiger charge is 2.52. The number of rotatable bonds is 30. The van der Waals surface area contributed by atoms with Gasteiger partial charge in [-0.3, -0.25) is 24.0 Å². The van der Waals surface area contributed by atoms with Crippen LogP contribution in [0.4, 0.5) is 0 Å². The minimum atomic E-state index is -0.331. The van der Waals surface area contributed by atoms with Gasteiger partial charge >= 0.3 is 0 Å². The van der Waals surface area contributed by atoms with Crippen LogP contribution in [-0.4, -0.2) is 45.1 Å². The van der Waals surface area contributed by atoms with E-state index in [1.54, 1.807) is 38.8 Å². The average molecular weight is 1210 g/mol. The van der Waals surface area contributed by atoms with Gasteiger partial charge in [-0.25, -0.2) is 0 Å². The van der Waals surface area contributed by atoms with Gasteiger partial charge in [-0.05, 0) is 197 Å². The standard InChI is InChI=1S/C52H94O4S4.C16H30.C2H4OS/c1-25-33(4)39(10)35(6)29-50(22,58-44(15)54)40(11)34(5)28-37(8)52(24,60-46(17)56)38(9)30-48(20,36(7)26-2)32-49(21,41(12)42(13)57-43(14)53)31-47(18,19)51(23,27-3)59-45(16)55;1-9-12(3)15(6)13(4)11-16(7,8)14(5)10-2;1-2(3)4/h26,34-35,37-38,40-42H,25,27-32H2,1-24H3;10,13H,9,11H2,1-8H3;1H3,(H,3,4)/b36-26+,39-33+;14-10+,15-12+;. The molecule has 0 aliphatic rings. The van der Waals surface area contributed by atoms with Crippen LogP contribution in [0.2, 0.25) is 0 Å². The summed E-state index contributed by atoms with van der Waals surface area (Å²) in [6.45, 7) is 72.6. The molecule has 5 nitrogen and oxygen atoms in total. The monoisotopic (exact) mass is 1210 g/mol. The van der Waals surface area contributed by atoms with E-state index in [0.717, 1.165) is 44.9 Å². The van der Waals surface area contributed by atoms with E-state index >= 15 is 0 Å². The molecule has 10 heteroatoms. The van der Waals surface area contributed by atoms with Crippen LogP contribution in [0.5, 0.6) is 0 Å². The summed E-state index contributed by atoms with van der Waals surface area (Å²) in [5.74, 6) is 2.30. The summed E-state index contributed by atoms with van der Waals surface area (Å²) < 4.78 is -0.806. The zero-order valence-electron chi connectivity index (χ0n) is 58.3. The van der Waals surface area contributed by atoms with Gasteiger partial charge in [-0.1, -0.05) is 210 Å². The molecule has 13 unspecified atom stereocenters. The van der Waals surface area contributed by atoms with Crippen molar-refractivity contribution >= 4 is 85.3 Å². The van der Waals surface area contributed by atoms with Crippen molar-refractivity contribution in [1.29, 1.82) is 0 Å². The average Bonchev–Trinajstić information content (AvgIpc) is 3.32. The second kappa shape index (κ2) is 36.3. The quantitative estimate of drug-likeness (QED) is 0.0558. The highest BCUT2D eigenvalue weighted by atomic mass is 32.2. The topological polar surface area (TPSA) is 85.3 Å². The first kappa shape index (κ1) is 83.3. The van der Waals surface area contributed by atoms with Crippen LogP contribution in [0.3, 0.4) is 0 Å². The van der Waals surface area contributed by atoms with Crippen LogP contribution in [-0.2, 0) is 24.0 Å². The first-order valence-electron chi connectivity index (χ1n) is 30.6. The minimum Gasteiger partial charge on any atom is -0.288 e. The third-order valence-corrected chi connectivity index (χ3v) is 26.1. The molecule has 0 aliphatic heterocycles. The van der Waals surface area contributed by atoms with Crippen molar-refractivity contribution in [1.82, 2.24) is 0 Å². The molecule has 80 heavy (non-hydrogen) atoms. The van der Waals surface area contributed by atoms with E-state index < -0.39 is 0 Å². The van der Waals surface area contributed by atoms with Gasteiger partial charge in [0.05, 0.1) is 0 Å². The van der Waals surface area contributed by atoms with Gasteiger partial charge < -0.3 is 0 Å². The SMILES string of the molecule is C/C=C(\C)C(C)(C)CC(C)/C(C)=C(\C)CC.C/C=C(\C)C(C)(CC(C)C(C)(SC(C)=O)C(C)CC(C)C(C)C(C)(CC(C)/C(C)=C(\C)CC)SC(C)=O)CC(C)(CC(C)(C)C(C)(CC)SC(C)=O)C(C)C(C)SC(C)=O.CC(=O)S. The first-order valence-corrected chi connectivity index (χ1v) is 34.4. The molecule has 0 spiro atoms. The van der Waals surface area contributed by atoms with E-state index in [1.807, 2.05) is 0 Å². The van der Waals surface area contributed by atoms with E-state index in [-0.39, 0.29) is 85.0 Å². The Bertz CT molecular complexity index is 2110. The Balaban J connectivity index is -0.00000248. The lowest BCUT2D eigenvalue weighted by Gasteiger charge is -2.54. The molecule has 0 bridgehead atoms. The van der Waals surface area contributed by atoms with Crippen molar-refractivity contribution in [3.05, 3.63) is 45.6 Å². The van der Waals surface area contributed by atoms with Gasteiger partial charge in [0.25, 0.3) is 0 Å². The minimum absolute atomic E-state index is 0.122. The third-order valence-electron chi connectivity index (χ3n) is 20.6. The maximum atomic E-state index is 13.3. The Morgan fingerprint density at radius 3 is 1.29 bits per heavy atom. The van der Waals surface area contributed by atoms with E-state index in [9.17, 15) is 24.0 Å². The van der Waals surface area contributed by atoms with Gasteiger partial charge in [0.2, 0.25) is 0 Å². The third kappa shape index (κ3) is 26.8. The zero-order chi connectivity index (χ0) is 64.1. The predicted molar refractivity (Wildman–Crippen MR) is 370 cm³/mol. The smallest absolute Gasteiger partial charge is 0.186 e. The molecule has 0 heterocycles. The Labute approximate surface area is 520 Å². The molecule has 0 aromatic heterocycles. The summed E-state index contributed by atoms with van der Waals surface area (Å²) in [6, 6.07) is 0. The summed E-state index contributed by atoms with van der Waals surface area (Å²) in [4.78, 5) is 60.6. The van der Waals surface area contributed by atoms with E-state index in [2.05, 4.69) is 219 Å². The molecule has 0 aromatic carbocycles. The second-order valence-corrected chi connectivity index (χ2v) is 34.8. The molecule has 0 amide bonds. The molecular weight excluding hydrogens is 1080 g/mol. The molecule has 13 atom stereocenters. The summed E-state index contributed by atoms with van der Waals surface area (Å²) >= 11 is 9.32. The Hall–Kier alpha value is -0.940. The summed E-state index contributed by atoms with van der Waals surface area (Å²) in [7, 11) is 0. The van der Waals surface area contributed by atoms with Crippen LogP contribution in [0, 0.1) is 63.1 Å². The number of carbonyl (C=O) groups is 5. The molecule has 0 N–H and O–H groups in total. The lowest BCUT2D eigenvalue weighted by Crippen LogP contribution is -2.48. The summed E-state index contributed by atoms with van der Waals surface area (Å²) in [6.07, 6.45) is 13.5. The first-order chi connectivity index (χ1) is 36.1. The fourth-order valence-corrected chi connectivity index (χ4v) is 17.7. The molecule has 468 valence electrons. The van der Waals surface area contributed by atoms with E-state index in [0.29, 0.717) is 23.2 Å². The number of hydrogen-bond donors (Lipinski definition) is 1. The van der Waals surface area contributed by atoms with Crippen molar-refractivity contribution in [3.8, 4) is 0 Å². The van der Waals surface area contributed by atoms with Gasteiger partial charge in [-0.2, -0.15) is 0 Å². The lowest BCUT2D eigenvalue weighted by atomic mass is 9.55. The fraction of sp³-hybridized carbons (Fsp3) is 0.814. The maximum absolute atomic E-state index is 13.3. The lowest BCUT2D eigenvalue weighted by molar-refractivity contribution is -0.110. The number of thiol groups is 1. The van der Waals surface area contributed by atoms with Crippen molar-refractivity contribution in [2.24, 2.45) is 63.1 Å². The van der Waals surface area contributed by atoms with Crippen LogP contribution in [0.15, 0.2) is 45.6 Å². The van der Waals surface area contributed by atoms with Crippen molar-refractivity contribution in [2.75, 3.05) is 0 Å². The van der Waals surface area contributed by atoms with Crippen LogP contribution in [0.1, 0.15) is 286 Å². The zero-order valence-corrected chi connectivity index (χ0v) is 62.4. The molecule has 0 radical (unpaired) electrons. The van der Waals surface area contributed by atoms with Crippen LogP contribution >= 0.6 is 59.7 Å². The highest BCUT2D eigenvalue weighted by molar-refractivity contribution is 8.15. The molecule has 0 saturated heterocycles. The Kier molecular flexibility index (Phi) is 37.7. The molecule has 0 aliphatic carbocycles. The molecular formula is C70H128O5S5. The van der Waals surface area contributed by atoms with E-state index in [4.69, 9.17) is 0 Å². The van der Waals surface area contributed by atoms with Crippen LogP contribution in [0.25, 0.3) is 0 Å². The normalized spacial score (nSPS) is 20.2. The fourth-order valence-electron chi connectivity index (χ4n) is 12.9. The largest absolute Gasteiger partial charge is 0.288 e. The molecule has 0 aromatic rings.